The van der Waals surface area contributed by atoms with Crippen LogP contribution in [0.2, 0.25) is 0 Å². The van der Waals surface area contributed by atoms with E-state index in [1.165, 1.54) is 43.6 Å². The SMILES string of the molecule is COC(=O)c1ccc2sc(NS(=O)(=O)c3cnc(-c4ccc(F)cc4)s3)nc2c1. The lowest BCUT2D eigenvalue weighted by molar-refractivity contribution is 0.0601. The predicted octanol–water partition coefficient (Wildman–Crippen LogP) is 4.15. The van der Waals surface area contributed by atoms with Gasteiger partial charge in [0, 0.05) is 5.56 Å². The second kappa shape index (κ2) is 7.50. The number of anilines is 1. The average molecular weight is 450 g/mol. The number of halogens is 1. The molecule has 0 saturated heterocycles. The summed E-state index contributed by atoms with van der Waals surface area (Å²) in [5.74, 6) is -0.883. The third-order valence-corrected chi connectivity index (χ3v) is 7.80. The number of rotatable bonds is 5. The molecule has 0 aliphatic carbocycles. The molecule has 2 heterocycles. The van der Waals surface area contributed by atoms with Crippen LogP contribution in [0.3, 0.4) is 0 Å². The Bertz CT molecular complexity index is 1310. The van der Waals surface area contributed by atoms with Crippen molar-refractivity contribution in [2.24, 2.45) is 0 Å². The van der Waals surface area contributed by atoms with E-state index in [-0.39, 0.29) is 15.2 Å². The molecule has 2 aromatic carbocycles. The van der Waals surface area contributed by atoms with E-state index in [0.717, 1.165) is 22.7 Å². The van der Waals surface area contributed by atoms with Crippen LogP contribution in [0.5, 0.6) is 0 Å². The largest absolute Gasteiger partial charge is 0.465 e. The molecule has 0 fully saturated rings. The Labute approximate surface area is 172 Å². The van der Waals surface area contributed by atoms with Gasteiger partial charge in [-0.3, -0.25) is 4.72 Å². The molecule has 7 nitrogen and oxygen atoms in total. The van der Waals surface area contributed by atoms with Gasteiger partial charge in [0.2, 0.25) is 0 Å². The summed E-state index contributed by atoms with van der Waals surface area (Å²) in [5.41, 5.74) is 1.42. The average Bonchev–Trinajstić information content (AvgIpc) is 3.34. The van der Waals surface area contributed by atoms with Crippen LogP contribution in [0.25, 0.3) is 20.8 Å². The Morgan fingerprint density at radius 3 is 2.62 bits per heavy atom. The second-order valence-corrected chi connectivity index (χ2v) is 9.76. The first-order chi connectivity index (χ1) is 13.9. The van der Waals surface area contributed by atoms with E-state index in [1.807, 2.05) is 0 Å². The van der Waals surface area contributed by atoms with Crippen molar-refractivity contribution < 1.29 is 22.3 Å². The van der Waals surface area contributed by atoms with Gasteiger partial charge in [-0.2, -0.15) is 0 Å². The number of esters is 1. The summed E-state index contributed by atoms with van der Waals surface area (Å²) in [6.07, 6.45) is 1.24. The lowest BCUT2D eigenvalue weighted by atomic mass is 10.2. The molecule has 2 aromatic heterocycles. The highest BCUT2D eigenvalue weighted by Gasteiger charge is 2.21. The number of hydrogen-bond donors (Lipinski definition) is 1. The molecule has 148 valence electrons. The number of carbonyl (C=O) groups is 1. The number of thiazole rings is 2. The lowest BCUT2D eigenvalue weighted by Crippen LogP contribution is -2.11. The summed E-state index contributed by atoms with van der Waals surface area (Å²) >= 11 is 2.11. The fraction of sp³-hybridized carbons (Fsp3) is 0.0556. The maximum absolute atomic E-state index is 13.1. The van der Waals surface area contributed by atoms with Crippen molar-refractivity contribution in [3.05, 3.63) is 60.0 Å². The predicted molar refractivity (Wildman–Crippen MR) is 109 cm³/mol. The molecular formula is C18H12FN3O4S3. The normalized spacial score (nSPS) is 11.5. The van der Waals surface area contributed by atoms with Crippen LogP contribution in [-0.2, 0) is 14.8 Å². The van der Waals surface area contributed by atoms with Crippen LogP contribution < -0.4 is 4.72 Å². The van der Waals surface area contributed by atoms with Gasteiger partial charge in [0.15, 0.2) is 9.34 Å². The summed E-state index contributed by atoms with van der Waals surface area (Å²) < 4.78 is 46.3. The molecular weight excluding hydrogens is 437 g/mol. The number of ether oxygens (including phenoxy) is 1. The molecule has 0 unspecified atom stereocenters. The molecule has 0 aliphatic rings. The van der Waals surface area contributed by atoms with Gasteiger partial charge in [-0.25, -0.2) is 27.6 Å². The Morgan fingerprint density at radius 1 is 1.14 bits per heavy atom. The Kier molecular flexibility index (Phi) is 5.03. The first-order valence-corrected chi connectivity index (χ1v) is 11.2. The van der Waals surface area contributed by atoms with E-state index in [0.29, 0.717) is 26.4 Å². The standard InChI is InChI=1S/C18H12FN3O4S3/c1-26-17(23)11-4-7-14-13(8-11)21-18(27-14)22-29(24,25)15-9-20-16(28-15)10-2-5-12(19)6-3-10/h2-9H,1H3,(H,21,22). The van der Waals surface area contributed by atoms with Gasteiger partial charge in [-0.15, -0.1) is 11.3 Å². The topological polar surface area (TPSA) is 98.2 Å². The van der Waals surface area contributed by atoms with Crippen LogP contribution in [0.1, 0.15) is 10.4 Å². The number of benzene rings is 2. The van der Waals surface area contributed by atoms with E-state index < -0.39 is 16.0 Å². The van der Waals surface area contributed by atoms with Gasteiger partial charge >= 0.3 is 5.97 Å². The van der Waals surface area contributed by atoms with Crippen molar-refractivity contribution in [1.29, 1.82) is 0 Å². The van der Waals surface area contributed by atoms with Crippen LogP contribution >= 0.6 is 22.7 Å². The molecule has 0 atom stereocenters. The lowest BCUT2D eigenvalue weighted by Gasteiger charge is -2.01. The molecule has 0 bridgehead atoms. The third kappa shape index (κ3) is 3.97. The van der Waals surface area contributed by atoms with E-state index in [2.05, 4.69) is 19.4 Å². The fourth-order valence-electron chi connectivity index (χ4n) is 2.49. The monoisotopic (exact) mass is 449 g/mol. The number of nitrogens with zero attached hydrogens (tertiary/aromatic N) is 2. The Balaban J connectivity index is 1.60. The molecule has 0 aliphatic heterocycles. The number of carbonyl (C=O) groups excluding carboxylic acids is 1. The van der Waals surface area contributed by atoms with Crippen LogP contribution in [-0.4, -0.2) is 31.5 Å². The highest BCUT2D eigenvalue weighted by Crippen LogP contribution is 2.32. The minimum absolute atomic E-state index is 0.00586. The minimum Gasteiger partial charge on any atom is -0.465 e. The number of fused-ring (bicyclic) bond motifs is 1. The van der Waals surface area contributed by atoms with Gasteiger partial charge < -0.3 is 4.74 Å². The van der Waals surface area contributed by atoms with Crippen molar-refractivity contribution in [3.8, 4) is 10.6 Å². The molecule has 0 radical (unpaired) electrons. The quantitative estimate of drug-likeness (QED) is 0.460. The van der Waals surface area contributed by atoms with Gasteiger partial charge in [0.05, 0.1) is 29.1 Å². The summed E-state index contributed by atoms with van der Waals surface area (Å²) in [6.45, 7) is 0. The smallest absolute Gasteiger partial charge is 0.337 e. The highest BCUT2D eigenvalue weighted by atomic mass is 32.2. The maximum atomic E-state index is 13.1. The van der Waals surface area contributed by atoms with Crippen LogP contribution in [0, 0.1) is 5.82 Å². The Hall–Kier alpha value is -2.89. The molecule has 4 aromatic rings. The summed E-state index contributed by atoms with van der Waals surface area (Å²) in [4.78, 5) is 20.0. The van der Waals surface area contributed by atoms with Crippen molar-refractivity contribution >= 4 is 54.0 Å². The van der Waals surface area contributed by atoms with Crippen molar-refractivity contribution in [2.45, 2.75) is 4.21 Å². The van der Waals surface area contributed by atoms with E-state index in [4.69, 9.17) is 0 Å². The molecule has 0 saturated carbocycles. The van der Waals surface area contributed by atoms with Gasteiger partial charge in [0.25, 0.3) is 10.0 Å². The van der Waals surface area contributed by atoms with E-state index >= 15 is 0 Å². The zero-order valence-corrected chi connectivity index (χ0v) is 17.2. The first kappa shape index (κ1) is 19.4. The van der Waals surface area contributed by atoms with Gasteiger partial charge in [-0.05, 0) is 42.5 Å². The number of hydrogen-bond acceptors (Lipinski definition) is 8. The second-order valence-electron chi connectivity index (χ2n) is 5.79. The Morgan fingerprint density at radius 2 is 1.90 bits per heavy atom. The summed E-state index contributed by atoms with van der Waals surface area (Å²) in [5, 5.41) is 0.621. The van der Waals surface area contributed by atoms with Crippen molar-refractivity contribution in [2.75, 3.05) is 11.8 Å². The van der Waals surface area contributed by atoms with E-state index in [9.17, 15) is 17.6 Å². The molecule has 29 heavy (non-hydrogen) atoms. The fourth-order valence-corrected chi connectivity index (χ4v) is 5.71. The number of aromatic nitrogens is 2. The number of nitrogens with one attached hydrogen (secondary N) is 1. The van der Waals surface area contributed by atoms with Crippen molar-refractivity contribution in [3.63, 3.8) is 0 Å². The molecule has 0 amide bonds. The van der Waals surface area contributed by atoms with E-state index in [1.54, 1.807) is 12.1 Å². The number of sulfonamides is 1. The van der Waals surface area contributed by atoms with Gasteiger partial charge in [0.1, 0.15) is 10.8 Å². The minimum atomic E-state index is -3.90. The summed E-state index contributed by atoms with van der Waals surface area (Å²) in [7, 11) is -2.62. The van der Waals surface area contributed by atoms with Crippen LogP contribution in [0.4, 0.5) is 9.52 Å². The molecule has 11 heteroatoms. The highest BCUT2D eigenvalue weighted by molar-refractivity contribution is 7.95. The molecule has 4 rings (SSSR count). The zero-order valence-electron chi connectivity index (χ0n) is 14.7. The van der Waals surface area contributed by atoms with Crippen LogP contribution in [0.15, 0.2) is 52.9 Å². The number of methoxy groups -OCH3 is 1. The summed E-state index contributed by atoms with van der Waals surface area (Å²) in [6, 6.07) is 10.4. The third-order valence-electron chi connectivity index (χ3n) is 3.87. The maximum Gasteiger partial charge on any atom is 0.337 e. The molecule has 0 spiro atoms. The van der Waals surface area contributed by atoms with Gasteiger partial charge in [-0.1, -0.05) is 11.3 Å². The first-order valence-electron chi connectivity index (χ1n) is 8.09. The molecule has 1 N–H and O–H groups in total. The zero-order chi connectivity index (χ0) is 20.6. The van der Waals surface area contributed by atoms with Crippen molar-refractivity contribution in [1.82, 2.24) is 9.97 Å².